The van der Waals surface area contributed by atoms with Crippen LogP contribution in [0.1, 0.15) is 5.69 Å². The first-order valence-corrected chi connectivity index (χ1v) is 4.27. The molecule has 0 aromatic carbocycles. The molecule has 0 aliphatic rings. The number of aromatic nitrogens is 1. The standard InChI is InChI=1S/C7H7BrN2S/c8-5-1-2-6(10-4-5)3-7(9)11/h1-2,4H,3H2,(H2,9,11). The lowest BCUT2D eigenvalue weighted by molar-refractivity contribution is 1.13. The number of hydrogen-bond acceptors (Lipinski definition) is 2. The van der Waals surface area contributed by atoms with Crippen LogP contribution in [-0.4, -0.2) is 9.97 Å². The molecular formula is C7H7BrN2S. The second-order valence-corrected chi connectivity index (χ2v) is 3.55. The predicted molar refractivity (Wildman–Crippen MR) is 52.4 cm³/mol. The fourth-order valence-electron chi connectivity index (χ4n) is 0.690. The second-order valence-electron chi connectivity index (χ2n) is 2.11. The first kappa shape index (κ1) is 8.62. The number of pyridine rings is 1. The van der Waals surface area contributed by atoms with Crippen LogP contribution in [0.3, 0.4) is 0 Å². The number of hydrogen-bond donors (Lipinski definition) is 1. The summed E-state index contributed by atoms with van der Waals surface area (Å²) in [6.45, 7) is 0. The van der Waals surface area contributed by atoms with Crippen molar-refractivity contribution in [3.05, 3.63) is 28.5 Å². The van der Waals surface area contributed by atoms with Crippen LogP contribution in [-0.2, 0) is 6.42 Å². The smallest absolute Gasteiger partial charge is 0.0787 e. The number of nitrogens with zero attached hydrogens (tertiary/aromatic N) is 1. The van der Waals surface area contributed by atoms with E-state index in [1.807, 2.05) is 12.1 Å². The molecule has 4 heteroatoms. The summed E-state index contributed by atoms with van der Waals surface area (Å²) in [6.07, 6.45) is 2.30. The molecule has 0 fully saturated rings. The molecule has 0 saturated carbocycles. The van der Waals surface area contributed by atoms with Crippen LogP contribution in [0.25, 0.3) is 0 Å². The van der Waals surface area contributed by atoms with Gasteiger partial charge in [-0.25, -0.2) is 0 Å². The van der Waals surface area contributed by atoms with Crippen molar-refractivity contribution in [2.24, 2.45) is 5.73 Å². The molecule has 58 valence electrons. The van der Waals surface area contributed by atoms with E-state index in [2.05, 4.69) is 20.9 Å². The van der Waals surface area contributed by atoms with Crippen LogP contribution < -0.4 is 5.73 Å². The Hall–Kier alpha value is -0.480. The van der Waals surface area contributed by atoms with Gasteiger partial charge in [-0.2, -0.15) is 0 Å². The number of halogens is 1. The van der Waals surface area contributed by atoms with Crippen molar-refractivity contribution in [2.75, 3.05) is 0 Å². The maximum absolute atomic E-state index is 5.34. The summed E-state index contributed by atoms with van der Waals surface area (Å²) < 4.78 is 0.962. The highest BCUT2D eigenvalue weighted by molar-refractivity contribution is 9.10. The van der Waals surface area contributed by atoms with Gasteiger partial charge in [0, 0.05) is 22.8 Å². The highest BCUT2D eigenvalue weighted by atomic mass is 79.9. The maximum atomic E-state index is 5.34. The number of thiocarbonyl (C=S) groups is 1. The van der Waals surface area contributed by atoms with Crippen LogP contribution in [0.5, 0.6) is 0 Å². The summed E-state index contributed by atoms with van der Waals surface area (Å²) in [7, 11) is 0. The van der Waals surface area contributed by atoms with Crippen molar-refractivity contribution in [3.63, 3.8) is 0 Å². The molecule has 0 amide bonds. The Labute approximate surface area is 78.9 Å². The lowest BCUT2D eigenvalue weighted by Crippen LogP contribution is -2.11. The van der Waals surface area contributed by atoms with Crippen molar-refractivity contribution in [3.8, 4) is 0 Å². The van der Waals surface area contributed by atoms with Gasteiger partial charge in [-0.1, -0.05) is 12.2 Å². The SMILES string of the molecule is NC(=S)Cc1ccc(Br)cn1. The molecule has 0 saturated heterocycles. The van der Waals surface area contributed by atoms with Gasteiger partial charge in [0.05, 0.1) is 4.99 Å². The van der Waals surface area contributed by atoms with Gasteiger partial charge in [0.25, 0.3) is 0 Å². The highest BCUT2D eigenvalue weighted by Gasteiger charge is 1.95. The fourth-order valence-corrected chi connectivity index (χ4v) is 1.07. The first-order valence-electron chi connectivity index (χ1n) is 3.07. The van der Waals surface area contributed by atoms with Gasteiger partial charge in [0.15, 0.2) is 0 Å². The van der Waals surface area contributed by atoms with Gasteiger partial charge in [0.2, 0.25) is 0 Å². The number of rotatable bonds is 2. The zero-order valence-electron chi connectivity index (χ0n) is 5.75. The molecular weight excluding hydrogens is 224 g/mol. The van der Waals surface area contributed by atoms with Crippen molar-refractivity contribution in [2.45, 2.75) is 6.42 Å². The zero-order valence-corrected chi connectivity index (χ0v) is 8.15. The van der Waals surface area contributed by atoms with E-state index < -0.39 is 0 Å². The zero-order chi connectivity index (χ0) is 8.27. The quantitative estimate of drug-likeness (QED) is 0.787. The Morgan fingerprint density at radius 3 is 2.82 bits per heavy atom. The fraction of sp³-hybridized carbons (Fsp3) is 0.143. The highest BCUT2D eigenvalue weighted by Crippen LogP contribution is 2.07. The van der Waals surface area contributed by atoms with Crippen LogP contribution >= 0.6 is 28.1 Å². The van der Waals surface area contributed by atoms with E-state index in [9.17, 15) is 0 Å². The van der Waals surface area contributed by atoms with Gasteiger partial charge < -0.3 is 5.73 Å². The van der Waals surface area contributed by atoms with Gasteiger partial charge in [-0.05, 0) is 28.1 Å². The normalized spacial score (nSPS) is 9.55. The van der Waals surface area contributed by atoms with Crippen LogP contribution in [0, 0.1) is 0 Å². The average Bonchev–Trinajstić information content (AvgIpc) is 1.93. The Morgan fingerprint density at radius 2 is 2.36 bits per heavy atom. The van der Waals surface area contributed by atoms with E-state index in [4.69, 9.17) is 18.0 Å². The molecule has 1 aromatic rings. The van der Waals surface area contributed by atoms with Crippen molar-refractivity contribution < 1.29 is 0 Å². The minimum atomic E-state index is 0.472. The summed E-state index contributed by atoms with van der Waals surface area (Å²) >= 11 is 8.02. The third kappa shape index (κ3) is 2.95. The molecule has 0 unspecified atom stereocenters. The average molecular weight is 231 g/mol. The molecule has 0 atom stereocenters. The molecule has 0 spiro atoms. The predicted octanol–water partition coefficient (Wildman–Crippen LogP) is 1.67. The Balaban J connectivity index is 2.74. The summed E-state index contributed by atoms with van der Waals surface area (Å²) in [5.41, 5.74) is 6.25. The number of nitrogens with two attached hydrogens (primary N) is 1. The summed E-state index contributed by atoms with van der Waals surface area (Å²) in [5.74, 6) is 0. The van der Waals surface area contributed by atoms with Crippen molar-refractivity contribution >= 4 is 33.1 Å². The van der Waals surface area contributed by atoms with E-state index in [1.165, 1.54) is 0 Å². The van der Waals surface area contributed by atoms with Gasteiger partial charge >= 0.3 is 0 Å². The molecule has 2 N–H and O–H groups in total. The first-order chi connectivity index (χ1) is 5.18. The van der Waals surface area contributed by atoms with Crippen molar-refractivity contribution in [1.82, 2.24) is 4.98 Å². The van der Waals surface area contributed by atoms with E-state index in [1.54, 1.807) is 6.20 Å². The molecule has 0 aliphatic heterocycles. The Morgan fingerprint density at radius 1 is 1.64 bits per heavy atom. The summed E-state index contributed by atoms with van der Waals surface area (Å²) in [6, 6.07) is 3.81. The molecule has 1 heterocycles. The van der Waals surface area contributed by atoms with E-state index in [0.717, 1.165) is 10.2 Å². The van der Waals surface area contributed by atoms with Crippen LogP contribution in [0.2, 0.25) is 0 Å². The lowest BCUT2D eigenvalue weighted by atomic mass is 10.3. The van der Waals surface area contributed by atoms with E-state index in [0.29, 0.717) is 11.4 Å². The van der Waals surface area contributed by atoms with E-state index in [-0.39, 0.29) is 0 Å². The lowest BCUT2D eigenvalue weighted by Gasteiger charge is -1.96. The van der Waals surface area contributed by atoms with Crippen molar-refractivity contribution in [1.29, 1.82) is 0 Å². The molecule has 0 bridgehead atoms. The van der Waals surface area contributed by atoms with Gasteiger partial charge in [-0.15, -0.1) is 0 Å². The third-order valence-electron chi connectivity index (χ3n) is 1.14. The van der Waals surface area contributed by atoms with Gasteiger partial charge in [0.1, 0.15) is 0 Å². The second kappa shape index (κ2) is 3.78. The van der Waals surface area contributed by atoms with E-state index >= 15 is 0 Å². The molecule has 2 nitrogen and oxygen atoms in total. The molecule has 1 rings (SSSR count). The monoisotopic (exact) mass is 230 g/mol. The van der Waals surface area contributed by atoms with Crippen LogP contribution in [0.15, 0.2) is 22.8 Å². The largest absolute Gasteiger partial charge is 0.393 e. The minimum absolute atomic E-state index is 0.472. The Kier molecular flexibility index (Phi) is 2.96. The maximum Gasteiger partial charge on any atom is 0.0787 e. The molecule has 1 aromatic heterocycles. The topological polar surface area (TPSA) is 38.9 Å². The minimum Gasteiger partial charge on any atom is -0.393 e. The third-order valence-corrected chi connectivity index (χ3v) is 1.76. The molecule has 11 heavy (non-hydrogen) atoms. The Bertz CT molecular complexity index is 258. The van der Waals surface area contributed by atoms with Gasteiger partial charge in [-0.3, -0.25) is 4.98 Å². The van der Waals surface area contributed by atoms with Crippen LogP contribution in [0.4, 0.5) is 0 Å². The molecule has 0 aliphatic carbocycles. The summed E-state index contributed by atoms with van der Waals surface area (Å²) in [4.78, 5) is 4.58. The summed E-state index contributed by atoms with van der Waals surface area (Å²) in [5, 5.41) is 0. The molecule has 0 radical (unpaired) electrons.